The first kappa shape index (κ1) is 25.2. The minimum atomic E-state index is -6.15. The minimum absolute atomic E-state index is 0.191. The third-order valence-corrected chi connectivity index (χ3v) is 7.23. The van der Waals surface area contributed by atoms with Gasteiger partial charge in [-0.3, -0.25) is 23.2 Å². The summed E-state index contributed by atoms with van der Waals surface area (Å²) < 4.78 is 53.9. The molecule has 0 radical (unpaired) electrons. The summed E-state index contributed by atoms with van der Waals surface area (Å²) >= 11 is 0. The summed E-state index contributed by atoms with van der Waals surface area (Å²) in [5, 5.41) is 10.2. The Kier molecular flexibility index (Phi) is 7.76. The maximum Gasteiger partial charge on any atom is 0.325 e. The zero-order valence-corrected chi connectivity index (χ0v) is 17.3. The maximum atomic E-state index is 11.9. The molecule has 172 valence electrons. The lowest BCUT2D eigenvalue weighted by atomic mass is 10.0. The van der Waals surface area contributed by atoms with E-state index < -0.39 is 65.7 Å². The van der Waals surface area contributed by atoms with Crippen molar-refractivity contribution in [2.75, 3.05) is 13.7 Å². The fourth-order valence-corrected chi connectivity index (χ4v) is 5.33. The summed E-state index contributed by atoms with van der Waals surface area (Å²) in [4.78, 5) is 70.3. The average Bonchev–Trinajstić information content (AvgIpc) is 2.85. The molecule has 1 aromatic rings. The van der Waals surface area contributed by atoms with Gasteiger partial charge in [-0.15, -0.1) is 0 Å². The van der Waals surface area contributed by atoms with Gasteiger partial charge in [-0.05, 0) is 0 Å². The van der Waals surface area contributed by atoms with Crippen LogP contribution >= 0.6 is 23.5 Å². The molecule has 2 heterocycles. The smallest absolute Gasteiger partial charge is 0.325 e. The van der Waals surface area contributed by atoms with Crippen LogP contribution in [0.1, 0.15) is 11.7 Å². The van der Waals surface area contributed by atoms with Crippen LogP contribution in [0.25, 0.3) is 0 Å². The Balaban J connectivity index is 2.10. The summed E-state index contributed by atoms with van der Waals surface area (Å²) in [6.45, 7) is -1.08. The van der Waals surface area contributed by atoms with Gasteiger partial charge in [0.25, 0.3) is 21.2 Å². The summed E-state index contributed by atoms with van der Waals surface area (Å²) in [7, 11) is -17.0. The maximum absolute atomic E-state index is 11.9. The fourth-order valence-electron chi connectivity index (χ4n) is 2.47. The predicted octanol–water partition coefficient (Wildman–Crippen LogP) is -4.31. The van der Waals surface area contributed by atoms with E-state index in [9.17, 15) is 48.0 Å². The average molecular weight is 494 g/mol. The van der Waals surface area contributed by atoms with Gasteiger partial charge in [0.15, 0.2) is 0 Å². The summed E-state index contributed by atoms with van der Waals surface area (Å²) in [5.74, 6) is 0. The third-order valence-electron chi connectivity index (χ3n) is 3.56. The number of nitrogens with one attached hydrogen (secondary N) is 2. The van der Waals surface area contributed by atoms with E-state index in [1.807, 2.05) is 4.98 Å². The molecule has 30 heavy (non-hydrogen) atoms. The molecule has 6 atom stereocenters. The molecule has 1 fully saturated rings. The molecule has 1 aliphatic rings. The molecule has 0 saturated carbocycles. The number of aromatic nitrogens is 2. The Morgan fingerprint density at radius 3 is 2.30 bits per heavy atom. The Morgan fingerprint density at radius 1 is 1.13 bits per heavy atom. The highest BCUT2D eigenvalue weighted by Gasteiger charge is 2.46. The topological polar surface area (TPSA) is 276 Å². The molecular weight excluding hydrogens is 481 g/mol. The van der Waals surface area contributed by atoms with E-state index in [4.69, 9.17) is 9.47 Å². The highest BCUT2D eigenvalue weighted by atomic mass is 31.3. The normalized spacial score (nSPS) is 28.7. The number of ether oxygens (including phenoxy) is 2. The number of H-pyrrole nitrogens is 2. The Morgan fingerprint density at radius 2 is 1.77 bits per heavy atom. The number of methoxy groups -OCH3 is 1. The summed E-state index contributed by atoms with van der Waals surface area (Å²) in [5.41, 5.74) is -1.91. The van der Waals surface area contributed by atoms with Crippen LogP contribution in [0.15, 0.2) is 15.8 Å². The highest BCUT2D eigenvalue weighted by molar-refractivity contribution is 7.64. The van der Waals surface area contributed by atoms with Gasteiger partial charge in [-0.2, -0.15) is 0 Å². The molecule has 0 bridgehead atoms. The number of hydrogen-bond acceptors (Lipinski definition) is 15. The third kappa shape index (κ3) is 6.73. The number of aliphatic hydroxyl groups is 1. The molecular formula is C10H13N2O15P3-4. The van der Waals surface area contributed by atoms with Gasteiger partial charge in [0.1, 0.15) is 24.4 Å². The molecule has 0 aromatic carbocycles. The van der Waals surface area contributed by atoms with Gasteiger partial charge >= 0.3 is 5.69 Å². The van der Waals surface area contributed by atoms with Crippen molar-refractivity contribution in [1.29, 1.82) is 0 Å². The van der Waals surface area contributed by atoms with Crippen LogP contribution in [-0.4, -0.2) is 47.1 Å². The monoisotopic (exact) mass is 494 g/mol. The van der Waals surface area contributed by atoms with Crippen molar-refractivity contribution in [3.63, 3.8) is 0 Å². The Labute approximate surface area is 166 Å². The Bertz CT molecular complexity index is 1010. The molecule has 1 saturated heterocycles. The first-order chi connectivity index (χ1) is 13.6. The zero-order chi connectivity index (χ0) is 22.9. The van der Waals surface area contributed by atoms with E-state index in [1.54, 1.807) is 0 Å². The van der Waals surface area contributed by atoms with Crippen LogP contribution in [0.5, 0.6) is 0 Å². The molecule has 20 heteroatoms. The number of aliphatic hydroxyl groups excluding tert-OH is 1. The predicted molar refractivity (Wildman–Crippen MR) is 83.0 cm³/mol. The van der Waals surface area contributed by atoms with E-state index in [-0.39, 0.29) is 5.56 Å². The van der Waals surface area contributed by atoms with Crippen molar-refractivity contribution >= 4 is 23.5 Å². The quantitative estimate of drug-likeness (QED) is 0.274. The number of rotatable bonds is 9. The number of hydrogen-bond donors (Lipinski definition) is 3. The van der Waals surface area contributed by atoms with Gasteiger partial charge in [-0.1, -0.05) is 0 Å². The zero-order valence-electron chi connectivity index (χ0n) is 14.6. The molecule has 0 amide bonds. The Hall–Kier alpha value is -1.03. The SMILES string of the molecule is COC1C(c2c[nH]c(=O)[nH]c2=O)OC(COP(=O)([O-])OP(=O)([O-])OP(=O)([O-])[O-])C1O. The number of aromatic amines is 2. The first-order valence-corrected chi connectivity index (χ1v) is 11.9. The second kappa shape index (κ2) is 9.22. The van der Waals surface area contributed by atoms with E-state index in [0.717, 1.165) is 13.3 Å². The second-order valence-electron chi connectivity index (χ2n) is 5.61. The summed E-state index contributed by atoms with van der Waals surface area (Å²) in [6, 6.07) is 0. The van der Waals surface area contributed by atoms with E-state index in [1.165, 1.54) is 0 Å². The lowest BCUT2D eigenvalue weighted by Crippen LogP contribution is -2.36. The molecule has 17 nitrogen and oxygen atoms in total. The van der Waals surface area contributed by atoms with Crippen molar-refractivity contribution in [1.82, 2.24) is 9.97 Å². The minimum Gasteiger partial charge on any atom is -0.790 e. The van der Waals surface area contributed by atoms with Crippen molar-refractivity contribution in [3.05, 3.63) is 32.6 Å². The van der Waals surface area contributed by atoms with Crippen LogP contribution < -0.4 is 30.8 Å². The largest absolute Gasteiger partial charge is 0.790 e. The van der Waals surface area contributed by atoms with Gasteiger partial charge in [-0.25, -0.2) is 9.11 Å². The van der Waals surface area contributed by atoms with Gasteiger partial charge in [0, 0.05) is 13.3 Å². The number of phosphoric ester groups is 1. The molecule has 3 N–H and O–H groups in total. The van der Waals surface area contributed by atoms with Gasteiger partial charge in [0.05, 0.1) is 20.0 Å². The van der Waals surface area contributed by atoms with Crippen LogP contribution in [0.2, 0.25) is 0 Å². The fraction of sp³-hybridized carbons (Fsp3) is 0.600. The van der Waals surface area contributed by atoms with Crippen LogP contribution in [0.4, 0.5) is 0 Å². The van der Waals surface area contributed by atoms with Crippen molar-refractivity contribution in [2.24, 2.45) is 0 Å². The van der Waals surface area contributed by atoms with E-state index >= 15 is 0 Å². The second-order valence-corrected chi connectivity index (χ2v) is 9.86. The molecule has 0 aliphatic carbocycles. The van der Waals surface area contributed by atoms with Crippen molar-refractivity contribution in [2.45, 2.75) is 24.4 Å². The standard InChI is InChI=1S/C10H17N2O15P3/c1-23-8-6(13)5(25-7(8)4-2-11-10(15)12-9(4)14)3-24-29(19,20)27-30(21,22)26-28(16,17)18/h2,5-8,13H,3H2,1H3,(H,19,20)(H,21,22)(H2,16,17,18)(H2,11,12,14,15)/p-4. The lowest BCUT2D eigenvalue weighted by Gasteiger charge is -2.37. The molecule has 1 aliphatic heterocycles. The van der Waals surface area contributed by atoms with Crippen LogP contribution in [0.3, 0.4) is 0 Å². The van der Waals surface area contributed by atoms with Crippen molar-refractivity contribution < 1.29 is 61.0 Å². The van der Waals surface area contributed by atoms with Crippen LogP contribution in [-0.2, 0) is 36.3 Å². The highest BCUT2D eigenvalue weighted by Crippen LogP contribution is 2.60. The molecule has 1 aromatic heterocycles. The van der Waals surface area contributed by atoms with E-state index in [0.29, 0.717) is 0 Å². The summed E-state index contributed by atoms with van der Waals surface area (Å²) in [6.07, 6.45) is -4.69. The van der Waals surface area contributed by atoms with Gasteiger partial charge in [0.2, 0.25) is 0 Å². The number of phosphoric acid groups is 3. The lowest BCUT2D eigenvalue weighted by molar-refractivity contribution is -0.339. The molecule has 2 rings (SSSR count). The van der Waals surface area contributed by atoms with Crippen LogP contribution in [0, 0.1) is 0 Å². The van der Waals surface area contributed by atoms with Crippen molar-refractivity contribution in [3.8, 4) is 0 Å². The first-order valence-electron chi connectivity index (χ1n) is 7.54. The molecule has 6 unspecified atom stereocenters. The van der Waals surface area contributed by atoms with E-state index in [2.05, 4.69) is 18.1 Å². The van der Waals surface area contributed by atoms with Gasteiger partial charge < -0.3 is 48.2 Å². The molecule has 0 spiro atoms.